The summed E-state index contributed by atoms with van der Waals surface area (Å²) in [5.74, 6) is 0.702. The van der Waals surface area contributed by atoms with Crippen LogP contribution in [0.2, 0.25) is 0 Å². The van der Waals surface area contributed by atoms with Gasteiger partial charge in [0.1, 0.15) is 11.5 Å². The molecule has 2 aromatic rings. The number of carbonyl (C=O) groups is 2. The van der Waals surface area contributed by atoms with Crippen LogP contribution in [-0.2, 0) is 0 Å². The summed E-state index contributed by atoms with van der Waals surface area (Å²) in [5.41, 5.74) is 6.47. The Morgan fingerprint density at radius 2 is 1.93 bits per heavy atom. The molecule has 3 atom stereocenters. The molecule has 0 saturated carbocycles. The number of primary amides is 1. The van der Waals surface area contributed by atoms with Gasteiger partial charge in [-0.1, -0.05) is 0 Å². The van der Waals surface area contributed by atoms with Crippen molar-refractivity contribution in [2.75, 3.05) is 17.3 Å². The number of aryl methyl sites for hydroxylation is 1. The first-order valence-corrected chi connectivity index (χ1v) is 10.0. The van der Waals surface area contributed by atoms with Gasteiger partial charge in [-0.3, -0.25) is 9.89 Å². The highest BCUT2D eigenvalue weighted by atomic mass is 16.4. The van der Waals surface area contributed by atoms with Crippen molar-refractivity contribution >= 4 is 29.6 Å². The van der Waals surface area contributed by atoms with Crippen molar-refractivity contribution in [3.05, 3.63) is 23.5 Å². The number of hydrogen-bond acceptors (Lipinski definition) is 7. The van der Waals surface area contributed by atoms with Gasteiger partial charge in [0.25, 0.3) is 5.91 Å². The van der Waals surface area contributed by atoms with E-state index in [4.69, 9.17) is 5.73 Å². The number of rotatable bonds is 5. The van der Waals surface area contributed by atoms with Gasteiger partial charge < -0.3 is 26.0 Å². The molecule has 5 N–H and O–H groups in total. The molecular formula is C19H26N8O3. The first-order chi connectivity index (χ1) is 14.3. The molecule has 2 aromatic heterocycles. The molecule has 0 unspecified atom stereocenters. The van der Waals surface area contributed by atoms with Crippen molar-refractivity contribution in [3.8, 4) is 0 Å². The van der Waals surface area contributed by atoms with Crippen molar-refractivity contribution in [2.45, 2.75) is 57.2 Å². The lowest BCUT2D eigenvalue weighted by Crippen LogP contribution is -2.58. The van der Waals surface area contributed by atoms with E-state index in [-0.39, 0.29) is 23.8 Å². The molecule has 2 amide bonds. The number of nitrogens with one attached hydrogen (secondary N) is 2. The van der Waals surface area contributed by atoms with E-state index >= 15 is 0 Å². The molecule has 2 aliphatic heterocycles. The summed E-state index contributed by atoms with van der Waals surface area (Å²) >= 11 is 0. The largest absolute Gasteiger partial charge is 0.465 e. The summed E-state index contributed by atoms with van der Waals surface area (Å²) in [6.07, 6.45) is 3.32. The van der Waals surface area contributed by atoms with Gasteiger partial charge in [0.05, 0.1) is 0 Å². The van der Waals surface area contributed by atoms with E-state index in [1.54, 1.807) is 4.90 Å². The van der Waals surface area contributed by atoms with Crippen LogP contribution in [0.25, 0.3) is 0 Å². The molecule has 30 heavy (non-hydrogen) atoms. The zero-order valence-electron chi connectivity index (χ0n) is 17.0. The quantitative estimate of drug-likeness (QED) is 0.578. The number of aromatic nitrogens is 4. The summed E-state index contributed by atoms with van der Waals surface area (Å²) in [5, 5.41) is 19.6. The number of nitrogens with two attached hydrogens (primary N) is 1. The lowest BCUT2D eigenvalue weighted by atomic mass is 9.81. The Labute approximate surface area is 173 Å². The maximum absolute atomic E-state index is 11.8. The summed E-state index contributed by atoms with van der Waals surface area (Å²) in [6, 6.07) is 3.36. The summed E-state index contributed by atoms with van der Waals surface area (Å²) < 4.78 is 0. The molecule has 4 rings (SSSR count). The number of aromatic amines is 1. The average Bonchev–Trinajstić information content (AvgIpc) is 3.10. The number of fused-ring (bicyclic) bond motifs is 2. The Kier molecular flexibility index (Phi) is 5.18. The number of piperidine rings is 2. The van der Waals surface area contributed by atoms with E-state index in [2.05, 4.69) is 25.5 Å². The normalized spacial score (nSPS) is 23.1. The number of carbonyl (C=O) groups excluding carboxylic acids is 1. The molecule has 2 aliphatic rings. The molecule has 0 aromatic carbocycles. The van der Waals surface area contributed by atoms with Crippen molar-refractivity contribution in [3.63, 3.8) is 0 Å². The van der Waals surface area contributed by atoms with Crippen LogP contribution < -0.4 is 16.0 Å². The summed E-state index contributed by atoms with van der Waals surface area (Å²) in [7, 11) is 1.87. The monoisotopic (exact) mass is 414 g/mol. The Morgan fingerprint density at radius 1 is 1.23 bits per heavy atom. The fraction of sp³-hybridized carbons (Fsp3) is 0.526. The predicted molar refractivity (Wildman–Crippen MR) is 110 cm³/mol. The van der Waals surface area contributed by atoms with Gasteiger partial charge in [0.2, 0.25) is 5.95 Å². The highest BCUT2D eigenvalue weighted by Gasteiger charge is 2.42. The molecule has 160 valence electrons. The van der Waals surface area contributed by atoms with Gasteiger partial charge in [0.15, 0.2) is 5.82 Å². The minimum Gasteiger partial charge on any atom is -0.465 e. The molecule has 11 heteroatoms. The third-order valence-corrected chi connectivity index (χ3v) is 5.96. The Morgan fingerprint density at radius 3 is 2.50 bits per heavy atom. The fourth-order valence-electron chi connectivity index (χ4n) is 4.54. The number of hydrogen-bond donors (Lipinski definition) is 4. The van der Waals surface area contributed by atoms with Gasteiger partial charge in [-0.25, -0.2) is 9.78 Å². The lowest BCUT2D eigenvalue weighted by Gasteiger charge is -2.49. The second-order valence-corrected chi connectivity index (χ2v) is 8.03. The number of H-pyrrole nitrogens is 1. The number of anilines is 3. The van der Waals surface area contributed by atoms with Crippen molar-refractivity contribution in [1.29, 1.82) is 0 Å². The van der Waals surface area contributed by atoms with Gasteiger partial charge in [-0.15, -0.1) is 0 Å². The Balaban J connectivity index is 1.59. The molecule has 0 spiro atoms. The summed E-state index contributed by atoms with van der Waals surface area (Å²) in [4.78, 5) is 35.9. The van der Waals surface area contributed by atoms with Crippen LogP contribution in [0.5, 0.6) is 0 Å². The zero-order valence-corrected chi connectivity index (χ0v) is 17.0. The van der Waals surface area contributed by atoms with E-state index in [0.29, 0.717) is 30.4 Å². The summed E-state index contributed by atoms with van der Waals surface area (Å²) in [6.45, 7) is 1.88. The molecule has 0 radical (unpaired) electrons. The maximum atomic E-state index is 11.8. The van der Waals surface area contributed by atoms with Crippen LogP contribution in [0, 0.1) is 6.92 Å². The number of nitrogens with zero attached hydrogens (tertiary/aromatic N) is 5. The van der Waals surface area contributed by atoms with Crippen LogP contribution in [0.3, 0.4) is 0 Å². The molecule has 4 heterocycles. The Hall–Kier alpha value is -3.37. The fourth-order valence-corrected chi connectivity index (χ4v) is 4.54. The lowest BCUT2D eigenvalue weighted by molar-refractivity contribution is 0.0351. The molecule has 2 fully saturated rings. The second-order valence-electron chi connectivity index (χ2n) is 8.03. The minimum absolute atomic E-state index is 0.00796. The second kappa shape index (κ2) is 7.81. The molecule has 2 saturated heterocycles. The topological polar surface area (TPSA) is 153 Å². The van der Waals surface area contributed by atoms with Crippen LogP contribution in [0.15, 0.2) is 12.1 Å². The van der Waals surface area contributed by atoms with E-state index in [1.165, 1.54) is 6.07 Å². The van der Waals surface area contributed by atoms with Crippen LogP contribution in [0.4, 0.5) is 22.4 Å². The van der Waals surface area contributed by atoms with E-state index in [9.17, 15) is 14.7 Å². The highest BCUT2D eigenvalue weighted by molar-refractivity contribution is 5.92. The zero-order chi connectivity index (χ0) is 21.4. The SMILES string of the molecule is Cc1cc(Nc2cc(C(N)=O)nc(N(C)[C@@H]3C[C@H]4CCC[C@@H](C3)N4C(=O)O)n2)n[nH]1. The van der Waals surface area contributed by atoms with Gasteiger partial charge in [-0.2, -0.15) is 10.1 Å². The van der Waals surface area contributed by atoms with Gasteiger partial charge >= 0.3 is 6.09 Å². The van der Waals surface area contributed by atoms with Crippen molar-refractivity contribution in [1.82, 2.24) is 25.1 Å². The highest BCUT2D eigenvalue weighted by Crippen LogP contribution is 2.36. The van der Waals surface area contributed by atoms with Crippen LogP contribution in [0.1, 0.15) is 48.3 Å². The maximum Gasteiger partial charge on any atom is 0.407 e. The number of carboxylic acid groups (broad SMARTS) is 1. The van der Waals surface area contributed by atoms with Gasteiger partial charge in [0, 0.05) is 43.0 Å². The number of amides is 2. The van der Waals surface area contributed by atoms with Crippen molar-refractivity contribution < 1.29 is 14.7 Å². The van der Waals surface area contributed by atoms with Crippen molar-refractivity contribution in [2.24, 2.45) is 5.73 Å². The third kappa shape index (κ3) is 3.87. The van der Waals surface area contributed by atoms with E-state index in [1.807, 2.05) is 24.9 Å². The van der Waals surface area contributed by atoms with Gasteiger partial charge in [-0.05, 0) is 39.0 Å². The molecule has 0 aliphatic carbocycles. The standard InChI is InChI=1S/C19H26N8O3/c1-10-6-16(25-24-10)22-15-9-14(17(20)28)21-18(23-15)26(2)13-7-11-4-3-5-12(8-13)27(11)19(29)30/h6,9,11-13H,3-5,7-8H2,1-2H3,(H2,20,28)(H,29,30)(H2,21,22,23,24,25)/t11-,12+,13-. The predicted octanol–water partition coefficient (Wildman–Crippen LogP) is 1.85. The molecular weight excluding hydrogens is 388 g/mol. The third-order valence-electron chi connectivity index (χ3n) is 5.96. The first-order valence-electron chi connectivity index (χ1n) is 10.0. The average molecular weight is 414 g/mol. The van der Waals surface area contributed by atoms with Crippen LogP contribution >= 0.6 is 0 Å². The molecule has 2 bridgehead atoms. The molecule has 11 nitrogen and oxygen atoms in total. The van der Waals surface area contributed by atoms with Crippen LogP contribution in [-0.4, -0.2) is 67.3 Å². The first kappa shape index (κ1) is 19.9. The Bertz CT molecular complexity index is 947. The van der Waals surface area contributed by atoms with E-state index in [0.717, 1.165) is 25.0 Å². The van der Waals surface area contributed by atoms with E-state index < -0.39 is 12.0 Å². The minimum atomic E-state index is -0.849. The smallest absolute Gasteiger partial charge is 0.407 e.